The Hall–Kier alpha value is -1.53. The molecule has 0 bridgehead atoms. The van der Waals surface area contributed by atoms with Crippen molar-refractivity contribution in [3.63, 3.8) is 0 Å². The summed E-state index contributed by atoms with van der Waals surface area (Å²) in [5.74, 6) is 1.78. The minimum absolute atomic E-state index is 0.360. The molecule has 0 spiro atoms. The molecule has 1 aromatic heterocycles. The van der Waals surface area contributed by atoms with Crippen LogP contribution in [0, 0.1) is 6.92 Å². The van der Waals surface area contributed by atoms with Crippen molar-refractivity contribution < 1.29 is 9.47 Å². The highest BCUT2D eigenvalue weighted by Gasteiger charge is 2.17. The zero-order chi connectivity index (χ0) is 14.9. The predicted molar refractivity (Wildman–Crippen MR) is 82.4 cm³/mol. The van der Waals surface area contributed by atoms with E-state index in [-0.39, 0.29) is 0 Å². The first-order valence-corrected chi connectivity index (χ1v) is 6.87. The van der Waals surface area contributed by atoms with E-state index in [9.17, 15) is 0 Å². The van der Waals surface area contributed by atoms with Gasteiger partial charge in [-0.15, -0.1) is 0 Å². The van der Waals surface area contributed by atoms with Gasteiger partial charge in [-0.05, 0) is 35.0 Å². The van der Waals surface area contributed by atoms with Gasteiger partial charge in [0.1, 0.15) is 5.82 Å². The van der Waals surface area contributed by atoms with Crippen LogP contribution in [0.3, 0.4) is 0 Å². The Morgan fingerprint density at radius 2 is 1.90 bits per heavy atom. The van der Waals surface area contributed by atoms with Crippen LogP contribution in [0.15, 0.2) is 16.6 Å². The van der Waals surface area contributed by atoms with E-state index in [1.807, 2.05) is 6.92 Å². The number of methoxy groups -OCH3 is 2. The summed E-state index contributed by atoms with van der Waals surface area (Å²) in [6.45, 7) is 1.83. The number of aryl methyl sites for hydroxylation is 1. The van der Waals surface area contributed by atoms with E-state index < -0.39 is 0 Å². The number of nitrogens with zero attached hydrogens (tertiary/aromatic N) is 2. The lowest BCUT2D eigenvalue weighted by molar-refractivity contribution is 0.355. The largest absolute Gasteiger partial charge is 0.493 e. The third-order valence-electron chi connectivity index (χ3n) is 2.77. The van der Waals surface area contributed by atoms with Crippen LogP contribution in [0.4, 0.5) is 5.82 Å². The Kier molecular flexibility index (Phi) is 4.35. The van der Waals surface area contributed by atoms with Gasteiger partial charge in [0, 0.05) is 5.56 Å². The number of hydrogen-bond acceptors (Lipinski definition) is 5. The minimum atomic E-state index is 0.360. The molecule has 0 aliphatic heterocycles. The van der Waals surface area contributed by atoms with Crippen molar-refractivity contribution >= 4 is 33.3 Å². The molecule has 2 N–H and O–H groups in total. The molecule has 2 aromatic rings. The van der Waals surface area contributed by atoms with Crippen LogP contribution >= 0.6 is 27.5 Å². The number of ether oxygens (including phenoxy) is 2. The average Bonchev–Trinajstić information content (AvgIpc) is 2.43. The Labute approximate surface area is 130 Å². The number of anilines is 1. The second-order valence-electron chi connectivity index (χ2n) is 3.99. The fourth-order valence-electron chi connectivity index (χ4n) is 1.76. The fraction of sp³-hybridized carbons (Fsp3) is 0.231. The van der Waals surface area contributed by atoms with Crippen LogP contribution in [0.1, 0.15) is 5.69 Å². The topological polar surface area (TPSA) is 70.3 Å². The Morgan fingerprint density at radius 3 is 2.45 bits per heavy atom. The summed E-state index contributed by atoms with van der Waals surface area (Å²) in [6.07, 6.45) is 0. The number of aromatic nitrogens is 2. The summed E-state index contributed by atoms with van der Waals surface area (Å²) in [5.41, 5.74) is 7.20. The molecule has 0 unspecified atom stereocenters. The van der Waals surface area contributed by atoms with Gasteiger partial charge in [0.05, 0.1) is 29.4 Å². The van der Waals surface area contributed by atoms with Crippen LogP contribution < -0.4 is 15.2 Å². The molecule has 0 fully saturated rings. The molecular weight excluding hydrogens is 346 g/mol. The number of hydrogen-bond donors (Lipinski definition) is 1. The summed E-state index contributed by atoms with van der Waals surface area (Å²) in [7, 11) is 3.07. The van der Waals surface area contributed by atoms with Gasteiger partial charge in [0.2, 0.25) is 0 Å². The number of halogens is 2. The van der Waals surface area contributed by atoms with Crippen molar-refractivity contribution in [3.8, 4) is 22.9 Å². The van der Waals surface area contributed by atoms with Crippen LogP contribution in [0.2, 0.25) is 5.02 Å². The van der Waals surface area contributed by atoms with Crippen molar-refractivity contribution in [1.29, 1.82) is 0 Å². The summed E-state index contributed by atoms with van der Waals surface area (Å²) >= 11 is 9.66. The third-order valence-corrected chi connectivity index (χ3v) is 4.12. The van der Waals surface area contributed by atoms with Gasteiger partial charge in [-0.2, -0.15) is 0 Å². The second-order valence-corrected chi connectivity index (χ2v) is 5.17. The van der Waals surface area contributed by atoms with Crippen molar-refractivity contribution in [3.05, 3.63) is 27.3 Å². The van der Waals surface area contributed by atoms with Gasteiger partial charge in [-0.3, -0.25) is 0 Å². The highest BCUT2D eigenvalue weighted by atomic mass is 79.9. The summed E-state index contributed by atoms with van der Waals surface area (Å²) in [5, 5.41) is 0.382. The number of rotatable bonds is 3. The van der Waals surface area contributed by atoms with Crippen molar-refractivity contribution in [2.24, 2.45) is 0 Å². The van der Waals surface area contributed by atoms with Gasteiger partial charge in [0.25, 0.3) is 0 Å². The van der Waals surface area contributed by atoms with Crippen LogP contribution in [0.5, 0.6) is 11.5 Å². The first kappa shape index (κ1) is 14.9. The smallest absolute Gasteiger partial charge is 0.180 e. The summed E-state index contributed by atoms with van der Waals surface area (Å²) in [6, 6.07) is 3.52. The summed E-state index contributed by atoms with van der Waals surface area (Å²) < 4.78 is 11.1. The molecule has 0 saturated carbocycles. The fourth-order valence-corrected chi connectivity index (χ4v) is 2.26. The maximum Gasteiger partial charge on any atom is 0.180 e. The molecule has 0 radical (unpaired) electrons. The van der Waals surface area contributed by atoms with Gasteiger partial charge < -0.3 is 15.2 Å². The molecule has 20 heavy (non-hydrogen) atoms. The molecule has 2 rings (SSSR count). The average molecular weight is 359 g/mol. The normalized spacial score (nSPS) is 10.4. The van der Waals surface area contributed by atoms with Gasteiger partial charge >= 0.3 is 0 Å². The van der Waals surface area contributed by atoms with E-state index in [1.54, 1.807) is 19.2 Å². The molecule has 0 aliphatic rings. The standard InChI is InChI=1S/C13H13BrClN3O2/c1-6-9(14)12(16)18-13(17-6)7-4-5-8(19-2)11(20-3)10(7)15/h4-5H,1-3H3,(H2,16,17,18). The summed E-state index contributed by atoms with van der Waals surface area (Å²) in [4.78, 5) is 8.61. The first-order chi connectivity index (χ1) is 9.49. The quantitative estimate of drug-likeness (QED) is 0.910. The Balaban J connectivity index is 2.65. The molecular formula is C13H13BrClN3O2. The van der Waals surface area contributed by atoms with E-state index in [1.165, 1.54) is 7.11 Å². The van der Waals surface area contributed by atoms with E-state index >= 15 is 0 Å². The van der Waals surface area contributed by atoms with Crippen LogP contribution in [-0.2, 0) is 0 Å². The Morgan fingerprint density at radius 1 is 1.20 bits per heavy atom. The van der Waals surface area contributed by atoms with E-state index in [0.29, 0.717) is 38.2 Å². The number of nitrogens with two attached hydrogens (primary N) is 1. The van der Waals surface area contributed by atoms with Crippen LogP contribution in [-0.4, -0.2) is 24.2 Å². The molecule has 0 saturated heterocycles. The van der Waals surface area contributed by atoms with Crippen molar-refractivity contribution in [1.82, 2.24) is 9.97 Å². The number of nitrogen functional groups attached to an aromatic ring is 1. The second kappa shape index (κ2) is 5.85. The maximum absolute atomic E-state index is 6.33. The first-order valence-electron chi connectivity index (χ1n) is 5.70. The molecule has 1 aromatic carbocycles. The monoisotopic (exact) mass is 357 g/mol. The predicted octanol–water partition coefficient (Wildman–Crippen LogP) is 3.47. The zero-order valence-electron chi connectivity index (χ0n) is 11.2. The van der Waals surface area contributed by atoms with Gasteiger partial charge in [0.15, 0.2) is 17.3 Å². The van der Waals surface area contributed by atoms with E-state index in [4.69, 9.17) is 26.8 Å². The molecule has 7 heteroatoms. The molecule has 0 aliphatic carbocycles. The SMILES string of the molecule is COc1ccc(-c2nc(C)c(Br)c(N)n2)c(Cl)c1OC. The van der Waals surface area contributed by atoms with E-state index in [0.717, 1.165) is 5.69 Å². The Bertz CT molecular complexity index is 641. The van der Waals surface area contributed by atoms with Crippen LogP contribution in [0.25, 0.3) is 11.4 Å². The van der Waals surface area contributed by atoms with Crippen molar-refractivity contribution in [2.45, 2.75) is 6.92 Å². The highest BCUT2D eigenvalue weighted by molar-refractivity contribution is 9.10. The molecule has 0 atom stereocenters. The molecule has 106 valence electrons. The lowest BCUT2D eigenvalue weighted by atomic mass is 10.1. The zero-order valence-corrected chi connectivity index (χ0v) is 13.5. The molecule has 1 heterocycles. The molecule has 5 nitrogen and oxygen atoms in total. The maximum atomic E-state index is 6.33. The van der Waals surface area contributed by atoms with Gasteiger partial charge in [-0.1, -0.05) is 11.6 Å². The minimum Gasteiger partial charge on any atom is -0.493 e. The lowest BCUT2D eigenvalue weighted by Gasteiger charge is -2.13. The third kappa shape index (κ3) is 2.53. The van der Waals surface area contributed by atoms with Crippen molar-refractivity contribution in [2.75, 3.05) is 20.0 Å². The highest BCUT2D eigenvalue weighted by Crippen LogP contribution is 2.41. The molecule has 0 amide bonds. The van der Waals surface area contributed by atoms with Gasteiger partial charge in [-0.25, -0.2) is 9.97 Å². The number of benzene rings is 1. The lowest BCUT2D eigenvalue weighted by Crippen LogP contribution is -2.01. The van der Waals surface area contributed by atoms with E-state index in [2.05, 4.69) is 25.9 Å².